The molecule has 0 aromatic heterocycles. The van der Waals surface area contributed by atoms with E-state index < -0.39 is 10.0 Å². The third kappa shape index (κ3) is 6.95. The summed E-state index contributed by atoms with van der Waals surface area (Å²) in [5, 5.41) is -0.105. The van der Waals surface area contributed by atoms with Crippen LogP contribution >= 0.6 is 11.6 Å². The van der Waals surface area contributed by atoms with E-state index in [0.717, 1.165) is 19.3 Å². The minimum atomic E-state index is -3.15. The Morgan fingerprint density at radius 1 is 1.22 bits per heavy atom. The largest absolute Gasteiger partial charge is 0.214 e. The van der Waals surface area contributed by atoms with Crippen LogP contribution in [0.15, 0.2) is 0 Å². The van der Waals surface area contributed by atoms with E-state index >= 15 is 0 Å². The predicted molar refractivity (Wildman–Crippen MR) is 77.5 cm³/mol. The molecule has 5 heteroatoms. The topological polar surface area (TPSA) is 46.2 Å². The maximum absolute atomic E-state index is 11.9. The highest BCUT2D eigenvalue weighted by atomic mass is 35.5. The smallest absolute Gasteiger partial charge is 0.211 e. The van der Waals surface area contributed by atoms with Crippen LogP contribution in [0.1, 0.15) is 52.4 Å². The van der Waals surface area contributed by atoms with E-state index in [9.17, 15) is 8.42 Å². The van der Waals surface area contributed by atoms with E-state index in [0.29, 0.717) is 18.4 Å². The second-order valence-corrected chi connectivity index (χ2v) is 8.33. The van der Waals surface area contributed by atoms with Crippen molar-refractivity contribution < 1.29 is 8.42 Å². The van der Waals surface area contributed by atoms with Gasteiger partial charge in [-0.2, -0.15) is 0 Å². The van der Waals surface area contributed by atoms with Crippen molar-refractivity contribution in [3.63, 3.8) is 0 Å². The van der Waals surface area contributed by atoms with Crippen molar-refractivity contribution in [3.8, 4) is 0 Å². The summed E-state index contributed by atoms with van der Waals surface area (Å²) < 4.78 is 26.5. The van der Waals surface area contributed by atoms with Crippen molar-refractivity contribution in [2.75, 3.05) is 12.3 Å². The van der Waals surface area contributed by atoms with Crippen LogP contribution in [0, 0.1) is 11.8 Å². The van der Waals surface area contributed by atoms with Crippen LogP contribution in [0.25, 0.3) is 0 Å². The third-order valence-electron chi connectivity index (χ3n) is 3.43. The molecule has 108 valence electrons. The summed E-state index contributed by atoms with van der Waals surface area (Å²) in [4.78, 5) is 0. The SMILES string of the molecule is CC(C)CC(Cl)CNS(=O)(=O)CC1CCCCC1. The molecule has 1 N–H and O–H groups in total. The molecule has 1 unspecified atom stereocenters. The normalized spacial score (nSPS) is 20.2. The maximum Gasteiger partial charge on any atom is 0.211 e. The molecule has 0 spiro atoms. The van der Waals surface area contributed by atoms with Crippen LogP contribution in [0.5, 0.6) is 0 Å². The molecule has 1 fully saturated rings. The molecule has 0 aromatic carbocycles. The van der Waals surface area contributed by atoms with Gasteiger partial charge in [-0.1, -0.05) is 33.1 Å². The molecule has 0 bridgehead atoms. The zero-order chi connectivity index (χ0) is 13.6. The molecule has 1 rings (SSSR count). The Balaban J connectivity index is 2.30. The van der Waals surface area contributed by atoms with E-state index in [-0.39, 0.29) is 11.1 Å². The Hall–Kier alpha value is 0.200. The molecule has 0 aromatic rings. The van der Waals surface area contributed by atoms with Gasteiger partial charge in [0.15, 0.2) is 0 Å². The van der Waals surface area contributed by atoms with Crippen molar-refractivity contribution in [2.24, 2.45) is 11.8 Å². The Morgan fingerprint density at radius 3 is 2.39 bits per heavy atom. The van der Waals surface area contributed by atoms with Crippen molar-refractivity contribution in [1.29, 1.82) is 0 Å². The molecule has 0 amide bonds. The summed E-state index contributed by atoms with van der Waals surface area (Å²) in [5.74, 6) is 1.11. The molecule has 1 aliphatic rings. The molecular weight excluding hydrogens is 270 g/mol. The van der Waals surface area contributed by atoms with Gasteiger partial charge in [0.2, 0.25) is 10.0 Å². The zero-order valence-electron chi connectivity index (χ0n) is 11.5. The van der Waals surface area contributed by atoms with Gasteiger partial charge in [-0.05, 0) is 31.1 Å². The summed E-state index contributed by atoms with van der Waals surface area (Å²) in [6, 6.07) is 0. The van der Waals surface area contributed by atoms with Crippen LogP contribution < -0.4 is 4.72 Å². The highest BCUT2D eigenvalue weighted by Crippen LogP contribution is 2.24. The first kappa shape index (κ1) is 16.3. The lowest BCUT2D eigenvalue weighted by Gasteiger charge is -2.22. The first-order valence-electron chi connectivity index (χ1n) is 7.00. The van der Waals surface area contributed by atoms with E-state index in [1.54, 1.807) is 0 Å². The van der Waals surface area contributed by atoms with Gasteiger partial charge >= 0.3 is 0 Å². The summed E-state index contributed by atoms with van der Waals surface area (Å²) >= 11 is 6.10. The molecule has 18 heavy (non-hydrogen) atoms. The lowest BCUT2D eigenvalue weighted by molar-refractivity contribution is 0.384. The molecule has 0 aliphatic heterocycles. The van der Waals surface area contributed by atoms with Crippen LogP contribution in [0.2, 0.25) is 0 Å². The zero-order valence-corrected chi connectivity index (χ0v) is 13.1. The number of hydrogen-bond acceptors (Lipinski definition) is 2. The average Bonchev–Trinajstić information content (AvgIpc) is 2.26. The minimum absolute atomic E-state index is 0.105. The minimum Gasteiger partial charge on any atom is -0.214 e. The van der Waals surface area contributed by atoms with Crippen molar-refractivity contribution in [1.82, 2.24) is 4.72 Å². The molecule has 0 radical (unpaired) electrons. The van der Waals surface area contributed by atoms with Gasteiger partial charge in [0.1, 0.15) is 0 Å². The molecule has 0 saturated heterocycles. The van der Waals surface area contributed by atoms with E-state index in [2.05, 4.69) is 18.6 Å². The number of sulfonamides is 1. The van der Waals surface area contributed by atoms with Crippen molar-refractivity contribution >= 4 is 21.6 Å². The monoisotopic (exact) mass is 295 g/mol. The highest BCUT2D eigenvalue weighted by Gasteiger charge is 2.21. The maximum atomic E-state index is 11.9. The first-order valence-corrected chi connectivity index (χ1v) is 9.09. The number of hydrogen-bond donors (Lipinski definition) is 1. The number of rotatable bonds is 7. The van der Waals surface area contributed by atoms with Gasteiger partial charge in [-0.25, -0.2) is 13.1 Å². The predicted octanol–water partition coefficient (Wildman–Crippen LogP) is 3.14. The summed E-state index contributed by atoms with van der Waals surface area (Å²) in [6.45, 7) is 4.53. The summed E-state index contributed by atoms with van der Waals surface area (Å²) in [6.07, 6.45) is 6.54. The van der Waals surface area contributed by atoms with E-state index in [1.807, 2.05) is 0 Å². The van der Waals surface area contributed by atoms with Crippen molar-refractivity contribution in [3.05, 3.63) is 0 Å². The van der Waals surface area contributed by atoms with E-state index in [1.165, 1.54) is 19.3 Å². The van der Waals surface area contributed by atoms with Gasteiger partial charge in [0.05, 0.1) is 5.75 Å². The lowest BCUT2D eigenvalue weighted by Crippen LogP contribution is -2.34. The van der Waals surface area contributed by atoms with Gasteiger partial charge in [-0.3, -0.25) is 0 Å². The van der Waals surface area contributed by atoms with Gasteiger partial charge in [0, 0.05) is 11.9 Å². The van der Waals surface area contributed by atoms with Gasteiger partial charge in [0.25, 0.3) is 0 Å². The van der Waals surface area contributed by atoms with Crippen LogP contribution in [-0.4, -0.2) is 26.1 Å². The lowest BCUT2D eigenvalue weighted by atomic mass is 9.91. The van der Waals surface area contributed by atoms with Crippen LogP contribution in [0.3, 0.4) is 0 Å². The number of alkyl halides is 1. The standard InChI is InChI=1S/C13H26ClNO2S/c1-11(2)8-13(14)9-15-18(16,17)10-12-6-4-3-5-7-12/h11-13,15H,3-10H2,1-2H3. The van der Waals surface area contributed by atoms with Crippen LogP contribution in [0.4, 0.5) is 0 Å². The second-order valence-electron chi connectivity index (χ2n) is 5.86. The molecule has 3 nitrogen and oxygen atoms in total. The summed E-state index contributed by atoms with van der Waals surface area (Å²) in [7, 11) is -3.15. The molecule has 0 heterocycles. The molecular formula is C13H26ClNO2S. The molecule has 1 aliphatic carbocycles. The Labute approximate surface area is 117 Å². The fraction of sp³-hybridized carbons (Fsp3) is 1.00. The fourth-order valence-electron chi connectivity index (χ4n) is 2.54. The Kier molecular flexibility index (Phi) is 6.96. The van der Waals surface area contributed by atoms with Gasteiger partial charge < -0.3 is 0 Å². The number of halogens is 1. The molecule has 1 saturated carbocycles. The quantitative estimate of drug-likeness (QED) is 0.734. The first-order chi connectivity index (χ1) is 8.39. The van der Waals surface area contributed by atoms with Crippen molar-refractivity contribution in [2.45, 2.75) is 57.7 Å². The molecule has 1 atom stereocenters. The van der Waals surface area contributed by atoms with E-state index in [4.69, 9.17) is 11.6 Å². The van der Waals surface area contributed by atoms with Crippen LogP contribution in [-0.2, 0) is 10.0 Å². The average molecular weight is 296 g/mol. The third-order valence-corrected chi connectivity index (χ3v) is 5.28. The highest BCUT2D eigenvalue weighted by molar-refractivity contribution is 7.89. The summed E-state index contributed by atoms with van der Waals surface area (Å²) in [5.41, 5.74) is 0. The Morgan fingerprint density at radius 2 is 1.83 bits per heavy atom. The second kappa shape index (κ2) is 7.71. The fourth-order valence-corrected chi connectivity index (χ4v) is 4.59. The van der Waals surface area contributed by atoms with Gasteiger partial charge in [-0.15, -0.1) is 11.6 Å². The Bertz CT molecular complexity index is 324. The number of nitrogens with one attached hydrogen (secondary N) is 1.